The molecule has 1 aliphatic heterocycles. The van der Waals surface area contributed by atoms with E-state index in [1.165, 1.54) is 5.56 Å². The molecule has 0 bridgehead atoms. The quantitative estimate of drug-likeness (QED) is 0.842. The minimum absolute atomic E-state index is 0. The first-order valence-corrected chi connectivity index (χ1v) is 9.25. The molecule has 1 aromatic heterocycles. The van der Waals surface area contributed by atoms with Gasteiger partial charge in [-0.25, -0.2) is 0 Å². The van der Waals surface area contributed by atoms with Gasteiger partial charge in [0.2, 0.25) is 0 Å². The van der Waals surface area contributed by atoms with Crippen molar-refractivity contribution in [2.24, 2.45) is 5.92 Å². The second-order valence-electron chi connectivity index (χ2n) is 6.83. The van der Waals surface area contributed by atoms with Crippen LogP contribution in [0.5, 0.6) is 0 Å². The van der Waals surface area contributed by atoms with Crippen LogP contribution in [0.25, 0.3) is 0 Å². The first-order valence-electron chi connectivity index (χ1n) is 9.25. The number of hydrogen-bond acceptors (Lipinski definition) is 3. The van der Waals surface area contributed by atoms with Crippen LogP contribution in [0.2, 0.25) is 0 Å². The van der Waals surface area contributed by atoms with Crippen molar-refractivity contribution in [2.45, 2.75) is 33.2 Å². The monoisotopic (exact) mass is 376 g/mol. The minimum Gasteiger partial charge on any atom is -0.339 e. The lowest BCUT2D eigenvalue weighted by atomic mass is 9.96. The molecule has 0 radical (unpaired) electrons. The Hall–Kier alpha value is -1.85. The Morgan fingerprint density at radius 1 is 1.23 bits per heavy atom. The van der Waals surface area contributed by atoms with Crippen molar-refractivity contribution >= 4 is 18.3 Å². The molecule has 26 heavy (non-hydrogen) atoms. The number of nitrogens with zero attached hydrogens (tertiary/aromatic N) is 3. The number of rotatable bonds is 6. The summed E-state index contributed by atoms with van der Waals surface area (Å²) in [7, 11) is 0. The highest BCUT2D eigenvalue weighted by Gasteiger charge is 2.25. The number of hydrogen-bond donors (Lipinski definition) is 1. The Bertz CT molecular complexity index is 693. The fraction of sp³-hybridized carbons (Fsp3) is 0.500. The molecule has 1 saturated heterocycles. The number of likely N-dealkylation sites (tertiary alicyclic amines) is 1. The third kappa shape index (κ3) is 4.86. The first kappa shape index (κ1) is 20.5. The van der Waals surface area contributed by atoms with Gasteiger partial charge in [0.15, 0.2) is 0 Å². The van der Waals surface area contributed by atoms with E-state index in [0.29, 0.717) is 12.5 Å². The van der Waals surface area contributed by atoms with E-state index in [-0.39, 0.29) is 18.3 Å². The van der Waals surface area contributed by atoms with E-state index < -0.39 is 0 Å². The molecular weight excluding hydrogens is 348 g/mol. The van der Waals surface area contributed by atoms with Gasteiger partial charge in [-0.3, -0.25) is 9.48 Å². The summed E-state index contributed by atoms with van der Waals surface area (Å²) >= 11 is 0. The molecule has 142 valence electrons. The second kappa shape index (κ2) is 9.74. The largest absolute Gasteiger partial charge is 0.339 e. The SMILES string of the molecule is CCNCC1CCN(C(=O)c2cnn(Cc3ccccc3)c2C)CC1.Cl. The third-order valence-corrected chi connectivity index (χ3v) is 5.09. The molecule has 1 N–H and O–H groups in total. The fourth-order valence-electron chi connectivity index (χ4n) is 3.43. The fourth-order valence-corrected chi connectivity index (χ4v) is 3.43. The van der Waals surface area contributed by atoms with Crippen LogP contribution < -0.4 is 5.32 Å². The van der Waals surface area contributed by atoms with Gasteiger partial charge in [-0.1, -0.05) is 37.3 Å². The third-order valence-electron chi connectivity index (χ3n) is 5.09. The van der Waals surface area contributed by atoms with Crippen LogP contribution in [-0.4, -0.2) is 46.8 Å². The topological polar surface area (TPSA) is 50.2 Å². The van der Waals surface area contributed by atoms with E-state index in [1.54, 1.807) is 6.20 Å². The molecule has 0 aliphatic carbocycles. The average molecular weight is 377 g/mol. The lowest BCUT2D eigenvalue weighted by Crippen LogP contribution is -2.40. The summed E-state index contributed by atoms with van der Waals surface area (Å²) in [5.74, 6) is 0.810. The van der Waals surface area contributed by atoms with Gasteiger partial charge in [-0.2, -0.15) is 5.10 Å². The van der Waals surface area contributed by atoms with Crippen molar-refractivity contribution in [1.29, 1.82) is 0 Å². The molecule has 2 heterocycles. The van der Waals surface area contributed by atoms with Crippen LogP contribution in [0, 0.1) is 12.8 Å². The Labute approximate surface area is 162 Å². The van der Waals surface area contributed by atoms with Gasteiger partial charge in [0.25, 0.3) is 5.91 Å². The van der Waals surface area contributed by atoms with Crippen molar-refractivity contribution in [3.05, 3.63) is 53.3 Å². The van der Waals surface area contributed by atoms with E-state index in [1.807, 2.05) is 34.7 Å². The molecule has 5 nitrogen and oxygen atoms in total. The average Bonchev–Trinajstić information content (AvgIpc) is 3.01. The number of carbonyl (C=O) groups excluding carboxylic acids is 1. The Kier molecular flexibility index (Phi) is 7.66. The maximum absolute atomic E-state index is 12.9. The zero-order chi connectivity index (χ0) is 17.6. The predicted octanol–water partition coefficient (Wildman–Crippen LogP) is 3.12. The zero-order valence-corrected chi connectivity index (χ0v) is 16.5. The number of piperidine rings is 1. The van der Waals surface area contributed by atoms with Gasteiger partial charge in [0, 0.05) is 18.8 Å². The van der Waals surface area contributed by atoms with E-state index in [9.17, 15) is 4.79 Å². The molecule has 0 atom stereocenters. The van der Waals surface area contributed by atoms with E-state index in [0.717, 1.165) is 50.3 Å². The molecule has 2 aromatic rings. The van der Waals surface area contributed by atoms with Crippen LogP contribution in [0.3, 0.4) is 0 Å². The van der Waals surface area contributed by atoms with Gasteiger partial charge >= 0.3 is 0 Å². The highest BCUT2D eigenvalue weighted by molar-refractivity contribution is 5.95. The summed E-state index contributed by atoms with van der Waals surface area (Å²) in [4.78, 5) is 14.8. The highest BCUT2D eigenvalue weighted by Crippen LogP contribution is 2.20. The highest BCUT2D eigenvalue weighted by atomic mass is 35.5. The minimum atomic E-state index is 0. The Morgan fingerprint density at radius 2 is 1.92 bits per heavy atom. The van der Waals surface area contributed by atoms with Gasteiger partial charge in [-0.15, -0.1) is 12.4 Å². The van der Waals surface area contributed by atoms with Crippen molar-refractivity contribution < 1.29 is 4.79 Å². The van der Waals surface area contributed by atoms with Crippen LogP contribution in [0.4, 0.5) is 0 Å². The summed E-state index contributed by atoms with van der Waals surface area (Å²) in [5, 5.41) is 7.85. The maximum atomic E-state index is 12.9. The molecule has 3 rings (SSSR count). The number of carbonyl (C=O) groups is 1. The van der Waals surface area contributed by atoms with Crippen LogP contribution in [-0.2, 0) is 6.54 Å². The van der Waals surface area contributed by atoms with Crippen molar-refractivity contribution in [3.8, 4) is 0 Å². The van der Waals surface area contributed by atoms with Crippen molar-refractivity contribution in [1.82, 2.24) is 20.0 Å². The Balaban J connectivity index is 0.00000243. The van der Waals surface area contributed by atoms with Gasteiger partial charge < -0.3 is 10.2 Å². The lowest BCUT2D eigenvalue weighted by Gasteiger charge is -2.32. The van der Waals surface area contributed by atoms with Crippen molar-refractivity contribution in [2.75, 3.05) is 26.2 Å². The molecule has 1 amide bonds. The number of nitrogens with one attached hydrogen (secondary N) is 1. The summed E-state index contributed by atoms with van der Waals surface area (Å²) in [6.07, 6.45) is 3.89. The molecule has 0 spiro atoms. The lowest BCUT2D eigenvalue weighted by molar-refractivity contribution is 0.0689. The summed E-state index contributed by atoms with van der Waals surface area (Å²) in [6, 6.07) is 10.2. The summed E-state index contributed by atoms with van der Waals surface area (Å²) in [6.45, 7) is 8.59. The molecule has 1 aromatic carbocycles. The normalized spacial score (nSPS) is 14.9. The summed E-state index contributed by atoms with van der Waals surface area (Å²) in [5.41, 5.74) is 2.88. The van der Waals surface area contributed by atoms with E-state index in [2.05, 4.69) is 29.5 Å². The number of amides is 1. The second-order valence-corrected chi connectivity index (χ2v) is 6.83. The molecule has 0 saturated carbocycles. The first-order chi connectivity index (χ1) is 12.2. The predicted molar refractivity (Wildman–Crippen MR) is 107 cm³/mol. The van der Waals surface area contributed by atoms with Crippen molar-refractivity contribution in [3.63, 3.8) is 0 Å². The Morgan fingerprint density at radius 3 is 2.58 bits per heavy atom. The standard InChI is InChI=1S/C20H28N4O.ClH/c1-3-21-13-17-9-11-23(12-10-17)20(25)19-14-22-24(16(19)2)15-18-7-5-4-6-8-18;/h4-8,14,17,21H,3,9-13,15H2,1-2H3;1H. The molecule has 1 fully saturated rings. The smallest absolute Gasteiger partial charge is 0.257 e. The van der Waals surface area contributed by atoms with Crippen LogP contribution in [0.1, 0.15) is 41.4 Å². The molecular formula is C20H29ClN4O. The number of halogens is 1. The van der Waals surface area contributed by atoms with Gasteiger partial charge in [-0.05, 0) is 44.3 Å². The van der Waals surface area contributed by atoms with Gasteiger partial charge in [0.1, 0.15) is 0 Å². The van der Waals surface area contributed by atoms with Gasteiger partial charge in [0.05, 0.1) is 18.3 Å². The number of benzene rings is 1. The molecule has 1 aliphatic rings. The maximum Gasteiger partial charge on any atom is 0.257 e. The van der Waals surface area contributed by atoms with Crippen LogP contribution in [0.15, 0.2) is 36.5 Å². The number of aromatic nitrogens is 2. The summed E-state index contributed by atoms with van der Waals surface area (Å²) < 4.78 is 1.92. The van der Waals surface area contributed by atoms with E-state index in [4.69, 9.17) is 0 Å². The van der Waals surface area contributed by atoms with Crippen LogP contribution >= 0.6 is 12.4 Å². The van der Waals surface area contributed by atoms with E-state index >= 15 is 0 Å². The zero-order valence-electron chi connectivity index (χ0n) is 15.6. The molecule has 0 unspecified atom stereocenters. The molecule has 6 heteroatoms.